The summed E-state index contributed by atoms with van der Waals surface area (Å²) in [4.78, 5) is 0. The van der Waals surface area contributed by atoms with Crippen molar-refractivity contribution in [3.8, 4) is 0 Å². The first-order chi connectivity index (χ1) is 7.68. The fourth-order valence-corrected chi connectivity index (χ4v) is 2.30. The van der Waals surface area contributed by atoms with Gasteiger partial charge in [0, 0.05) is 13.1 Å². The number of nitrogens with one attached hydrogen (secondary N) is 1. The van der Waals surface area contributed by atoms with Gasteiger partial charge in [0.05, 0.1) is 5.60 Å². The molecule has 0 aliphatic heterocycles. The Balaban J connectivity index is 1.79. The fraction of sp³-hybridized carbons (Fsp3) is 0.538. The second-order valence-corrected chi connectivity index (χ2v) is 4.66. The van der Waals surface area contributed by atoms with Crippen LogP contribution in [0.2, 0.25) is 0 Å². The molecule has 16 heavy (non-hydrogen) atoms. The standard InChI is InChI=1S/C13H18FNO/c14-12-5-3-4-11(8-12)9-15-10-13(16)6-1-2-7-13/h3-5,8,15-16H,1-2,6-7,9-10H2. The summed E-state index contributed by atoms with van der Waals surface area (Å²) in [6, 6.07) is 6.55. The highest BCUT2D eigenvalue weighted by Gasteiger charge is 2.30. The van der Waals surface area contributed by atoms with E-state index in [0.717, 1.165) is 31.2 Å². The van der Waals surface area contributed by atoms with E-state index in [-0.39, 0.29) is 5.82 Å². The Morgan fingerprint density at radius 2 is 2.06 bits per heavy atom. The number of benzene rings is 1. The van der Waals surface area contributed by atoms with Gasteiger partial charge in [0.15, 0.2) is 0 Å². The molecular weight excluding hydrogens is 205 g/mol. The van der Waals surface area contributed by atoms with Crippen LogP contribution in [0.3, 0.4) is 0 Å². The Morgan fingerprint density at radius 3 is 2.75 bits per heavy atom. The highest BCUT2D eigenvalue weighted by atomic mass is 19.1. The van der Waals surface area contributed by atoms with Gasteiger partial charge in [-0.3, -0.25) is 0 Å². The van der Waals surface area contributed by atoms with E-state index in [4.69, 9.17) is 0 Å². The molecule has 88 valence electrons. The summed E-state index contributed by atoms with van der Waals surface area (Å²) >= 11 is 0. The highest BCUT2D eigenvalue weighted by molar-refractivity contribution is 5.16. The van der Waals surface area contributed by atoms with E-state index in [2.05, 4.69) is 5.32 Å². The van der Waals surface area contributed by atoms with E-state index >= 15 is 0 Å². The third-order valence-electron chi connectivity index (χ3n) is 3.21. The van der Waals surface area contributed by atoms with Crippen LogP contribution in [-0.4, -0.2) is 17.3 Å². The van der Waals surface area contributed by atoms with E-state index in [1.807, 2.05) is 6.07 Å². The third kappa shape index (κ3) is 3.03. The first kappa shape index (κ1) is 11.6. The van der Waals surface area contributed by atoms with Gasteiger partial charge in [-0.2, -0.15) is 0 Å². The summed E-state index contributed by atoms with van der Waals surface area (Å²) < 4.78 is 12.9. The smallest absolute Gasteiger partial charge is 0.123 e. The van der Waals surface area contributed by atoms with Crippen LogP contribution in [-0.2, 0) is 6.54 Å². The van der Waals surface area contributed by atoms with Crippen LogP contribution in [0.25, 0.3) is 0 Å². The minimum atomic E-state index is -0.534. The summed E-state index contributed by atoms with van der Waals surface area (Å²) in [7, 11) is 0. The average Bonchev–Trinajstić information content (AvgIpc) is 2.65. The number of rotatable bonds is 4. The summed E-state index contributed by atoms with van der Waals surface area (Å²) in [6.07, 6.45) is 3.97. The minimum absolute atomic E-state index is 0.209. The molecule has 0 amide bonds. The minimum Gasteiger partial charge on any atom is -0.389 e. The maximum absolute atomic E-state index is 12.9. The normalized spacial score (nSPS) is 18.9. The van der Waals surface area contributed by atoms with E-state index < -0.39 is 5.60 Å². The molecule has 0 atom stereocenters. The number of hydrogen-bond acceptors (Lipinski definition) is 2. The molecule has 1 aromatic carbocycles. The summed E-state index contributed by atoms with van der Waals surface area (Å²) in [5.41, 5.74) is 0.384. The van der Waals surface area contributed by atoms with Crippen molar-refractivity contribution < 1.29 is 9.50 Å². The SMILES string of the molecule is OC1(CNCc2cccc(F)c2)CCCC1. The molecule has 2 nitrogen and oxygen atoms in total. The predicted octanol–water partition coefficient (Wildman–Crippen LogP) is 2.22. The molecule has 0 spiro atoms. The zero-order valence-corrected chi connectivity index (χ0v) is 9.38. The number of hydrogen-bond donors (Lipinski definition) is 2. The van der Waals surface area contributed by atoms with Crippen molar-refractivity contribution in [3.63, 3.8) is 0 Å². The molecule has 0 aromatic heterocycles. The zero-order valence-electron chi connectivity index (χ0n) is 9.38. The quantitative estimate of drug-likeness (QED) is 0.820. The van der Waals surface area contributed by atoms with Gasteiger partial charge in [-0.1, -0.05) is 25.0 Å². The van der Waals surface area contributed by atoms with Crippen molar-refractivity contribution in [2.24, 2.45) is 0 Å². The maximum atomic E-state index is 12.9. The van der Waals surface area contributed by atoms with Crippen molar-refractivity contribution in [2.45, 2.75) is 37.8 Å². The van der Waals surface area contributed by atoms with Crippen LogP contribution in [0.15, 0.2) is 24.3 Å². The molecule has 0 bridgehead atoms. The molecule has 1 fully saturated rings. The van der Waals surface area contributed by atoms with E-state index in [9.17, 15) is 9.50 Å². The van der Waals surface area contributed by atoms with E-state index in [0.29, 0.717) is 13.1 Å². The second-order valence-electron chi connectivity index (χ2n) is 4.66. The predicted molar refractivity (Wildman–Crippen MR) is 61.5 cm³/mol. The van der Waals surface area contributed by atoms with Crippen LogP contribution in [0, 0.1) is 5.82 Å². The molecule has 1 aliphatic rings. The van der Waals surface area contributed by atoms with Gasteiger partial charge in [0.2, 0.25) is 0 Å². The Bertz CT molecular complexity index is 348. The van der Waals surface area contributed by atoms with Gasteiger partial charge < -0.3 is 10.4 Å². The molecule has 1 aliphatic carbocycles. The Morgan fingerprint density at radius 1 is 1.31 bits per heavy atom. The Labute approximate surface area is 95.5 Å². The van der Waals surface area contributed by atoms with E-state index in [1.54, 1.807) is 6.07 Å². The van der Waals surface area contributed by atoms with Crippen molar-refractivity contribution >= 4 is 0 Å². The molecule has 1 aromatic rings. The largest absolute Gasteiger partial charge is 0.389 e. The first-order valence-electron chi connectivity index (χ1n) is 5.86. The van der Waals surface area contributed by atoms with E-state index in [1.165, 1.54) is 12.1 Å². The molecule has 2 N–H and O–H groups in total. The third-order valence-corrected chi connectivity index (χ3v) is 3.21. The number of halogens is 1. The van der Waals surface area contributed by atoms with Gasteiger partial charge in [-0.25, -0.2) is 4.39 Å². The molecule has 0 radical (unpaired) electrons. The summed E-state index contributed by atoms with van der Waals surface area (Å²) in [5.74, 6) is -0.209. The fourth-order valence-electron chi connectivity index (χ4n) is 2.30. The molecule has 3 heteroatoms. The molecule has 0 heterocycles. The zero-order chi connectivity index (χ0) is 11.4. The van der Waals surface area contributed by atoms with Crippen LogP contribution in [0.5, 0.6) is 0 Å². The lowest BCUT2D eigenvalue weighted by Crippen LogP contribution is -2.37. The van der Waals surface area contributed by atoms with Gasteiger partial charge >= 0.3 is 0 Å². The number of aliphatic hydroxyl groups is 1. The molecule has 0 unspecified atom stereocenters. The topological polar surface area (TPSA) is 32.3 Å². The van der Waals surface area contributed by atoms with Crippen molar-refractivity contribution in [1.29, 1.82) is 0 Å². The van der Waals surface area contributed by atoms with Gasteiger partial charge in [0.1, 0.15) is 5.82 Å². The molecule has 1 saturated carbocycles. The average molecular weight is 223 g/mol. The summed E-state index contributed by atoms with van der Waals surface area (Å²) in [6.45, 7) is 1.21. The van der Waals surface area contributed by atoms with Gasteiger partial charge in [-0.05, 0) is 30.5 Å². The van der Waals surface area contributed by atoms with Crippen LogP contribution in [0.1, 0.15) is 31.2 Å². The van der Waals surface area contributed by atoms with Gasteiger partial charge in [0.25, 0.3) is 0 Å². The van der Waals surface area contributed by atoms with Gasteiger partial charge in [-0.15, -0.1) is 0 Å². The molecular formula is C13H18FNO. The maximum Gasteiger partial charge on any atom is 0.123 e. The monoisotopic (exact) mass is 223 g/mol. The van der Waals surface area contributed by atoms with Crippen LogP contribution < -0.4 is 5.32 Å². The summed E-state index contributed by atoms with van der Waals surface area (Å²) in [5, 5.41) is 13.3. The lowest BCUT2D eigenvalue weighted by atomic mass is 10.0. The molecule has 2 rings (SSSR count). The first-order valence-corrected chi connectivity index (χ1v) is 5.86. The Kier molecular flexibility index (Phi) is 3.56. The lowest BCUT2D eigenvalue weighted by molar-refractivity contribution is 0.0475. The van der Waals surface area contributed by atoms with Crippen LogP contribution in [0.4, 0.5) is 4.39 Å². The highest BCUT2D eigenvalue weighted by Crippen LogP contribution is 2.28. The lowest BCUT2D eigenvalue weighted by Gasteiger charge is -2.22. The Hall–Kier alpha value is -0.930. The van der Waals surface area contributed by atoms with Crippen molar-refractivity contribution in [2.75, 3.05) is 6.54 Å². The van der Waals surface area contributed by atoms with Crippen LogP contribution >= 0.6 is 0 Å². The second kappa shape index (κ2) is 4.93. The van der Waals surface area contributed by atoms with Crippen molar-refractivity contribution in [3.05, 3.63) is 35.6 Å². The molecule has 0 saturated heterocycles. The van der Waals surface area contributed by atoms with Crippen molar-refractivity contribution in [1.82, 2.24) is 5.32 Å².